The molecule has 21 heavy (non-hydrogen) atoms. The van der Waals surface area contributed by atoms with E-state index in [0.29, 0.717) is 38.8 Å². The van der Waals surface area contributed by atoms with E-state index in [-0.39, 0.29) is 12.2 Å². The van der Waals surface area contributed by atoms with E-state index in [2.05, 4.69) is 0 Å². The molecule has 0 bridgehead atoms. The molecule has 4 nitrogen and oxygen atoms in total. The average Bonchev–Trinajstić information content (AvgIpc) is 2.44. The molecule has 1 aliphatic carbocycles. The van der Waals surface area contributed by atoms with Gasteiger partial charge in [0.25, 0.3) is 0 Å². The summed E-state index contributed by atoms with van der Waals surface area (Å²) in [5.74, 6) is -4.06. The molecule has 1 aliphatic rings. The molecule has 1 amide bonds. The highest BCUT2D eigenvalue weighted by molar-refractivity contribution is 5.78. The van der Waals surface area contributed by atoms with Gasteiger partial charge in [-0.2, -0.15) is 8.78 Å². The Kier molecular flexibility index (Phi) is 6.78. The summed E-state index contributed by atoms with van der Waals surface area (Å²) < 4.78 is 33.1. The Balaban J connectivity index is 2.85. The molecule has 0 fully saturated rings. The molecule has 0 aliphatic heterocycles. The number of rotatable bonds is 3. The van der Waals surface area contributed by atoms with Crippen LogP contribution in [0.2, 0.25) is 0 Å². The Bertz CT molecular complexity index is 404. The van der Waals surface area contributed by atoms with E-state index in [4.69, 9.17) is 4.74 Å². The van der Waals surface area contributed by atoms with Crippen LogP contribution >= 0.6 is 0 Å². The second-order valence-electron chi connectivity index (χ2n) is 5.10. The molecule has 120 valence electrons. The summed E-state index contributed by atoms with van der Waals surface area (Å²) in [6, 6.07) is 0. The van der Waals surface area contributed by atoms with Crippen molar-refractivity contribution in [1.29, 1.82) is 0 Å². The first-order chi connectivity index (χ1) is 9.90. The number of hydrogen-bond acceptors (Lipinski definition) is 3. The monoisotopic (exact) mass is 303 g/mol. The summed E-state index contributed by atoms with van der Waals surface area (Å²) in [4.78, 5) is 24.6. The van der Waals surface area contributed by atoms with Gasteiger partial charge in [0.1, 0.15) is 5.78 Å². The predicted octanol–water partition coefficient (Wildman–Crippen LogP) is 3.91. The van der Waals surface area contributed by atoms with E-state index in [1.807, 2.05) is 0 Å². The lowest BCUT2D eigenvalue weighted by molar-refractivity contribution is -0.121. The second-order valence-corrected chi connectivity index (χ2v) is 5.10. The Morgan fingerprint density at radius 2 is 1.95 bits per heavy atom. The van der Waals surface area contributed by atoms with Gasteiger partial charge in [-0.3, -0.25) is 4.79 Å². The van der Waals surface area contributed by atoms with Crippen molar-refractivity contribution in [3.8, 4) is 0 Å². The van der Waals surface area contributed by atoms with E-state index in [0.717, 1.165) is 0 Å². The van der Waals surface area contributed by atoms with Crippen molar-refractivity contribution in [3.05, 3.63) is 11.8 Å². The molecule has 6 heteroatoms. The van der Waals surface area contributed by atoms with Gasteiger partial charge >= 0.3 is 12.0 Å². The molecule has 0 spiro atoms. The maximum absolute atomic E-state index is 14.1. The van der Waals surface area contributed by atoms with Crippen molar-refractivity contribution in [3.63, 3.8) is 0 Å². The van der Waals surface area contributed by atoms with E-state index in [1.54, 1.807) is 13.8 Å². The number of carbonyl (C=O) groups is 2. The van der Waals surface area contributed by atoms with E-state index < -0.39 is 24.2 Å². The Labute approximate surface area is 124 Å². The first kappa shape index (κ1) is 17.6. The summed E-state index contributed by atoms with van der Waals surface area (Å²) in [5.41, 5.74) is 0. The lowest BCUT2D eigenvalue weighted by atomic mass is 10.0. The van der Waals surface area contributed by atoms with Gasteiger partial charge in [0, 0.05) is 32.4 Å². The lowest BCUT2D eigenvalue weighted by Crippen LogP contribution is -2.34. The van der Waals surface area contributed by atoms with Crippen LogP contribution < -0.4 is 0 Å². The van der Waals surface area contributed by atoms with Crippen molar-refractivity contribution < 1.29 is 23.1 Å². The standard InChI is InChI=1S/C15H23F2NO3/c1-3-18(4-2)14(20)21-13-9-7-5-6-8-12(19)10-11-15(13,16)17/h9H,3-8,10-11H2,1-2H3/b13-9-. The highest BCUT2D eigenvalue weighted by Gasteiger charge is 2.38. The zero-order valence-corrected chi connectivity index (χ0v) is 12.7. The van der Waals surface area contributed by atoms with Crippen LogP contribution in [-0.2, 0) is 9.53 Å². The minimum Gasteiger partial charge on any atom is -0.409 e. The normalized spacial score (nSPS) is 22.1. The first-order valence-corrected chi connectivity index (χ1v) is 7.47. The van der Waals surface area contributed by atoms with Gasteiger partial charge in [-0.25, -0.2) is 4.79 Å². The van der Waals surface area contributed by atoms with E-state index in [1.165, 1.54) is 11.0 Å². The third kappa shape index (κ3) is 5.44. The zero-order valence-electron chi connectivity index (χ0n) is 12.7. The van der Waals surface area contributed by atoms with Crippen LogP contribution in [0.1, 0.15) is 52.4 Å². The first-order valence-electron chi connectivity index (χ1n) is 7.47. The van der Waals surface area contributed by atoms with Gasteiger partial charge in [0.05, 0.1) is 0 Å². The van der Waals surface area contributed by atoms with Crippen molar-refractivity contribution >= 4 is 11.9 Å². The third-order valence-electron chi connectivity index (χ3n) is 3.54. The third-order valence-corrected chi connectivity index (χ3v) is 3.54. The van der Waals surface area contributed by atoms with Gasteiger partial charge in [-0.15, -0.1) is 0 Å². The number of alkyl halides is 2. The molecular formula is C15H23F2NO3. The molecular weight excluding hydrogens is 280 g/mol. The van der Waals surface area contributed by atoms with Gasteiger partial charge in [-0.05, 0) is 39.2 Å². The smallest absolute Gasteiger partial charge is 0.409 e. The topological polar surface area (TPSA) is 46.6 Å². The number of amides is 1. The highest BCUT2D eigenvalue weighted by Crippen LogP contribution is 2.32. The van der Waals surface area contributed by atoms with Crippen molar-refractivity contribution in [2.24, 2.45) is 0 Å². The Morgan fingerprint density at radius 3 is 2.57 bits per heavy atom. The van der Waals surface area contributed by atoms with E-state index >= 15 is 0 Å². The summed E-state index contributed by atoms with van der Waals surface area (Å²) in [6.45, 7) is 4.30. The molecule has 0 radical (unpaired) electrons. The molecule has 0 N–H and O–H groups in total. The SMILES string of the molecule is CCN(CC)C(=O)O/C1=C\CCCCC(=O)CCC1(F)F. The molecule has 0 atom stereocenters. The second kappa shape index (κ2) is 8.10. The molecule has 0 saturated heterocycles. The number of allylic oxidation sites excluding steroid dienone is 2. The van der Waals surface area contributed by atoms with Crippen LogP contribution in [0.3, 0.4) is 0 Å². The fraction of sp³-hybridized carbons (Fsp3) is 0.733. The number of Topliss-reactive ketones (excluding diaryl/α,β-unsaturated/α-hetero) is 1. The summed E-state index contributed by atoms with van der Waals surface area (Å²) in [6.07, 6.45) is 1.76. The van der Waals surface area contributed by atoms with Crippen LogP contribution in [-0.4, -0.2) is 35.8 Å². The number of halogens is 2. The van der Waals surface area contributed by atoms with Crippen LogP contribution in [0.25, 0.3) is 0 Å². The van der Waals surface area contributed by atoms with Crippen molar-refractivity contribution in [1.82, 2.24) is 4.90 Å². The molecule has 0 heterocycles. The van der Waals surface area contributed by atoms with Crippen LogP contribution in [0, 0.1) is 0 Å². The van der Waals surface area contributed by atoms with Crippen LogP contribution in [0.4, 0.5) is 13.6 Å². The molecule has 0 aromatic rings. The zero-order chi connectivity index (χ0) is 15.9. The van der Waals surface area contributed by atoms with Gasteiger partial charge in [0.2, 0.25) is 0 Å². The van der Waals surface area contributed by atoms with Crippen molar-refractivity contribution in [2.75, 3.05) is 13.1 Å². The average molecular weight is 303 g/mol. The molecule has 0 aromatic carbocycles. The molecule has 0 unspecified atom stereocenters. The number of hydrogen-bond donors (Lipinski definition) is 0. The van der Waals surface area contributed by atoms with Gasteiger partial charge in [-0.1, -0.05) is 0 Å². The maximum Gasteiger partial charge on any atom is 0.415 e. The van der Waals surface area contributed by atoms with E-state index in [9.17, 15) is 18.4 Å². The predicted molar refractivity (Wildman–Crippen MR) is 75.1 cm³/mol. The van der Waals surface area contributed by atoms with Gasteiger partial charge in [0.15, 0.2) is 5.76 Å². The van der Waals surface area contributed by atoms with Crippen LogP contribution in [0.15, 0.2) is 11.8 Å². The summed E-state index contributed by atoms with van der Waals surface area (Å²) in [5, 5.41) is 0. The largest absolute Gasteiger partial charge is 0.415 e. The number of carbonyl (C=O) groups excluding carboxylic acids is 2. The fourth-order valence-electron chi connectivity index (χ4n) is 2.15. The Hall–Kier alpha value is -1.46. The minimum absolute atomic E-state index is 0.161. The van der Waals surface area contributed by atoms with Gasteiger partial charge < -0.3 is 9.64 Å². The molecule has 1 rings (SSSR count). The lowest BCUT2D eigenvalue weighted by Gasteiger charge is -2.24. The molecule has 0 aromatic heterocycles. The summed E-state index contributed by atoms with van der Waals surface area (Å²) in [7, 11) is 0. The highest BCUT2D eigenvalue weighted by atomic mass is 19.3. The maximum atomic E-state index is 14.1. The minimum atomic E-state index is -3.28. The van der Waals surface area contributed by atoms with Crippen LogP contribution in [0.5, 0.6) is 0 Å². The molecule has 0 saturated carbocycles. The fourth-order valence-corrected chi connectivity index (χ4v) is 2.15. The number of nitrogens with zero attached hydrogens (tertiary/aromatic N) is 1. The number of ketones is 1. The van der Waals surface area contributed by atoms with Crippen molar-refractivity contribution in [2.45, 2.75) is 58.3 Å². The summed E-state index contributed by atoms with van der Waals surface area (Å²) >= 11 is 0. The number of ether oxygens (including phenoxy) is 1. The quantitative estimate of drug-likeness (QED) is 0.794. The Morgan fingerprint density at radius 1 is 1.29 bits per heavy atom.